The standard InChI is InChI=1S/2C15H17N3.2ClHO4.Ni/c2*16-10-6-12-18-15(13-7-2-1-3-8-13)14-9-4-5-11-17-14;2*2-1(3,4)5;/h2*1-5,7-9,11H,6,10,12,16H2;2*(H,2,3,4,5);/q;;;;+2/p-2. The Morgan fingerprint density at radius 1 is 0.511 bits per heavy atom. The molecule has 4 aromatic rings. The van der Waals surface area contributed by atoms with Crippen LogP contribution in [0.2, 0.25) is 0 Å². The molecule has 2 aromatic heterocycles. The van der Waals surface area contributed by atoms with E-state index in [1.807, 2.05) is 72.8 Å². The molecule has 0 unspecified atom stereocenters. The minimum absolute atomic E-state index is 0. The number of halogens is 2. The molecule has 0 amide bonds. The molecule has 256 valence electrons. The van der Waals surface area contributed by atoms with Crippen LogP contribution >= 0.6 is 0 Å². The molecule has 17 heteroatoms. The fourth-order valence-electron chi connectivity index (χ4n) is 3.40. The van der Waals surface area contributed by atoms with E-state index in [0.717, 1.165) is 59.9 Å². The van der Waals surface area contributed by atoms with Crippen molar-refractivity contribution in [3.05, 3.63) is 132 Å². The van der Waals surface area contributed by atoms with Gasteiger partial charge in [0.2, 0.25) is 0 Å². The number of aliphatic imine (C=N–C) groups is 2. The van der Waals surface area contributed by atoms with E-state index in [2.05, 4.69) is 44.2 Å². The van der Waals surface area contributed by atoms with Gasteiger partial charge in [0.05, 0.1) is 22.8 Å². The van der Waals surface area contributed by atoms with Crippen LogP contribution < -0.4 is 48.7 Å². The van der Waals surface area contributed by atoms with Gasteiger partial charge in [0.25, 0.3) is 0 Å². The molecule has 0 fully saturated rings. The molecule has 0 aliphatic rings. The summed E-state index contributed by atoms with van der Waals surface area (Å²) in [5.74, 6) is 0. The van der Waals surface area contributed by atoms with Crippen molar-refractivity contribution in [3.8, 4) is 0 Å². The number of pyridine rings is 2. The minimum Gasteiger partial charge on any atom is -0.330 e. The number of hydrogen-bond acceptors (Lipinski definition) is 14. The Kier molecular flexibility index (Phi) is 23.1. The number of aromatic nitrogens is 2. The van der Waals surface area contributed by atoms with E-state index in [-0.39, 0.29) is 16.5 Å². The molecule has 2 aromatic carbocycles. The quantitative estimate of drug-likeness (QED) is 0.0880. The van der Waals surface area contributed by atoms with Crippen molar-refractivity contribution in [2.75, 3.05) is 26.2 Å². The molecule has 0 atom stereocenters. The Hall–Kier alpha value is -3.25. The van der Waals surface area contributed by atoms with Crippen molar-refractivity contribution in [1.82, 2.24) is 9.97 Å². The van der Waals surface area contributed by atoms with Crippen LogP contribution in [0.15, 0.2) is 119 Å². The van der Waals surface area contributed by atoms with Crippen molar-refractivity contribution < 1.29 is 74.2 Å². The van der Waals surface area contributed by atoms with Gasteiger partial charge in [0.1, 0.15) is 0 Å². The average molecular weight is 736 g/mol. The molecular formula is C30H34Cl2N6NiO8. The molecule has 4 N–H and O–H groups in total. The Morgan fingerprint density at radius 3 is 1.06 bits per heavy atom. The first-order chi connectivity index (χ1) is 21.8. The predicted octanol–water partition coefficient (Wildman–Crippen LogP) is -4.98. The van der Waals surface area contributed by atoms with Gasteiger partial charge in [-0.1, -0.05) is 72.8 Å². The van der Waals surface area contributed by atoms with Crippen LogP contribution in [-0.2, 0) is 16.5 Å². The van der Waals surface area contributed by atoms with Gasteiger partial charge in [0.15, 0.2) is 0 Å². The van der Waals surface area contributed by atoms with Crippen LogP contribution in [-0.4, -0.2) is 47.6 Å². The summed E-state index contributed by atoms with van der Waals surface area (Å²) in [4.78, 5) is 18.0. The second-order valence-corrected chi connectivity index (χ2v) is 10.2. The maximum Gasteiger partial charge on any atom is 2.00 e. The zero-order valence-corrected chi connectivity index (χ0v) is 27.4. The predicted molar refractivity (Wildman–Crippen MR) is 150 cm³/mol. The van der Waals surface area contributed by atoms with Gasteiger partial charge >= 0.3 is 16.5 Å². The number of rotatable bonds is 10. The molecule has 0 aliphatic carbocycles. The summed E-state index contributed by atoms with van der Waals surface area (Å²) in [6, 6.07) is 32.0. The van der Waals surface area contributed by atoms with Crippen LogP contribution in [0, 0.1) is 20.5 Å². The Labute approximate surface area is 287 Å². The van der Waals surface area contributed by atoms with Crippen LogP contribution in [0.1, 0.15) is 35.4 Å². The molecule has 0 saturated carbocycles. The van der Waals surface area contributed by atoms with Crippen LogP contribution in [0.25, 0.3) is 0 Å². The summed E-state index contributed by atoms with van der Waals surface area (Å²) in [6.45, 7) is 2.79. The monoisotopic (exact) mass is 734 g/mol. The fourth-order valence-corrected chi connectivity index (χ4v) is 3.40. The van der Waals surface area contributed by atoms with Crippen LogP contribution in [0.3, 0.4) is 0 Å². The first-order valence-corrected chi connectivity index (χ1v) is 16.0. The van der Waals surface area contributed by atoms with Gasteiger partial charge in [-0.15, -0.1) is 20.5 Å². The maximum atomic E-state index is 8.49. The van der Waals surface area contributed by atoms with Crippen LogP contribution in [0.5, 0.6) is 0 Å². The first kappa shape index (κ1) is 43.8. The zero-order valence-electron chi connectivity index (χ0n) is 24.9. The van der Waals surface area contributed by atoms with E-state index in [9.17, 15) is 0 Å². The molecule has 0 bridgehead atoms. The summed E-state index contributed by atoms with van der Waals surface area (Å²) in [5.41, 5.74) is 16.9. The SMILES string of the molecule is NCCCN=C(c1ccccc1)c1ccccn1.NCCCN=C(c1ccccc1)c1ccccn1.[Ni+2].[O-][Cl+3]([O-])([O-])[O-].[O-][Cl+3]([O-])([O-])[O-]. The fraction of sp³-hybridized carbons (Fsp3) is 0.200. The third-order valence-electron chi connectivity index (χ3n) is 5.17. The van der Waals surface area contributed by atoms with E-state index in [1.54, 1.807) is 12.4 Å². The van der Waals surface area contributed by atoms with Gasteiger partial charge in [-0.3, -0.25) is 20.0 Å². The second kappa shape index (κ2) is 24.9. The molecule has 14 nitrogen and oxygen atoms in total. The van der Waals surface area contributed by atoms with Crippen LogP contribution in [0.4, 0.5) is 0 Å². The number of nitrogens with zero attached hydrogens (tertiary/aromatic N) is 4. The number of hydrogen-bond donors (Lipinski definition) is 2. The summed E-state index contributed by atoms with van der Waals surface area (Å²) >= 11 is 0. The van der Waals surface area contributed by atoms with E-state index >= 15 is 0 Å². The minimum atomic E-state index is -4.94. The van der Waals surface area contributed by atoms with Gasteiger partial charge in [-0.2, -0.15) is 0 Å². The van der Waals surface area contributed by atoms with Gasteiger partial charge in [0, 0.05) is 36.6 Å². The summed E-state index contributed by atoms with van der Waals surface area (Å²) in [6.07, 6.45) is 5.36. The summed E-state index contributed by atoms with van der Waals surface area (Å²) in [5, 5.41) is 0. The summed E-state index contributed by atoms with van der Waals surface area (Å²) < 4.78 is 67.9. The number of benzene rings is 2. The van der Waals surface area contributed by atoms with E-state index < -0.39 is 20.5 Å². The second-order valence-electron chi connectivity index (χ2n) is 8.66. The molecule has 2 heterocycles. The van der Waals surface area contributed by atoms with Crippen molar-refractivity contribution in [2.45, 2.75) is 12.8 Å². The molecule has 0 saturated heterocycles. The van der Waals surface area contributed by atoms with E-state index in [4.69, 9.17) is 48.7 Å². The van der Waals surface area contributed by atoms with Crippen molar-refractivity contribution in [2.24, 2.45) is 21.5 Å². The number of nitrogens with two attached hydrogens (primary N) is 2. The Morgan fingerprint density at radius 2 is 0.809 bits per heavy atom. The van der Waals surface area contributed by atoms with Gasteiger partial charge in [-0.05, 0) is 50.2 Å². The first-order valence-electron chi connectivity index (χ1n) is 13.5. The van der Waals surface area contributed by atoms with Crippen molar-refractivity contribution in [1.29, 1.82) is 0 Å². The van der Waals surface area contributed by atoms with E-state index in [1.165, 1.54) is 0 Å². The summed E-state index contributed by atoms with van der Waals surface area (Å²) in [7, 11) is -9.89. The maximum absolute atomic E-state index is 8.49. The molecule has 0 aliphatic heterocycles. The largest absolute Gasteiger partial charge is 2.00 e. The zero-order chi connectivity index (χ0) is 34.3. The third kappa shape index (κ3) is 23.7. The van der Waals surface area contributed by atoms with Gasteiger partial charge in [-0.25, -0.2) is 37.3 Å². The topological polar surface area (TPSA) is 287 Å². The third-order valence-corrected chi connectivity index (χ3v) is 5.17. The van der Waals surface area contributed by atoms with Crippen molar-refractivity contribution in [3.63, 3.8) is 0 Å². The Bertz CT molecular complexity index is 1200. The van der Waals surface area contributed by atoms with E-state index in [0.29, 0.717) is 13.1 Å². The molecule has 0 radical (unpaired) electrons. The molecule has 47 heavy (non-hydrogen) atoms. The van der Waals surface area contributed by atoms with Crippen molar-refractivity contribution >= 4 is 11.4 Å². The molecule has 4 rings (SSSR count). The molecular weight excluding hydrogens is 702 g/mol. The smallest absolute Gasteiger partial charge is 0.330 e. The Balaban J connectivity index is 0.000000690. The van der Waals surface area contributed by atoms with Gasteiger partial charge < -0.3 is 11.5 Å². The normalized spacial score (nSPS) is 11.4. The molecule has 0 spiro atoms. The average Bonchev–Trinajstić information content (AvgIpc) is 3.02.